The second kappa shape index (κ2) is 9.31. The van der Waals surface area contributed by atoms with Gasteiger partial charge in [-0.15, -0.1) is 11.8 Å². The number of hydrogen-bond donors (Lipinski definition) is 1. The van der Waals surface area contributed by atoms with E-state index in [0.717, 1.165) is 4.90 Å². The molecule has 1 amide bonds. The number of carbonyl (C=O) groups excluding carboxylic acids is 1. The van der Waals surface area contributed by atoms with Gasteiger partial charge in [-0.1, -0.05) is 17.7 Å². The molecule has 0 radical (unpaired) electrons. The monoisotopic (exact) mass is 387 g/mol. The minimum atomic E-state index is -0.0707. The maximum Gasteiger partial charge on any atom is 0.234 e. The van der Waals surface area contributed by atoms with Crippen molar-refractivity contribution in [2.45, 2.75) is 11.4 Å². The largest absolute Gasteiger partial charge is 0.492 e. The van der Waals surface area contributed by atoms with E-state index in [1.165, 1.54) is 11.8 Å². The van der Waals surface area contributed by atoms with Gasteiger partial charge in [-0.05, 0) is 42.5 Å². The number of rotatable bonds is 8. The lowest BCUT2D eigenvalue weighted by Gasteiger charge is -2.09. The van der Waals surface area contributed by atoms with Crippen LogP contribution in [0.5, 0.6) is 5.75 Å². The van der Waals surface area contributed by atoms with Gasteiger partial charge in [-0.25, -0.2) is 0 Å². The number of hydrogen-bond acceptors (Lipinski definition) is 4. The number of ether oxygens (including phenoxy) is 1. The average molecular weight is 388 g/mol. The molecule has 0 saturated carbocycles. The van der Waals surface area contributed by atoms with Crippen LogP contribution in [-0.4, -0.2) is 28.0 Å². The van der Waals surface area contributed by atoms with Crippen molar-refractivity contribution in [3.63, 3.8) is 0 Å². The van der Waals surface area contributed by atoms with Gasteiger partial charge in [0.15, 0.2) is 0 Å². The van der Waals surface area contributed by atoms with E-state index in [1.54, 1.807) is 10.9 Å². The molecule has 1 N–H and O–H groups in total. The van der Waals surface area contributed by atoms with Crippen LogP contribution in [0.4, 0.5) is 5.69 Å². The first-order valence-corrected chi connectivity index (χ1v) is 9.44. The fourth-order valence-electron chi connectivity index (χ4n) is 2.23. The number of carbonyl (C=O) groups is 1. The zero-order valence-corrected chi connectivity index (χ0v) is 15.5. The minimum Gasteiger partial charge on any atom is -0.492 e. The summed E-state index contributed by atoms with van der Waals surface area (Å²) in [5.41, 5.74) is 0.711. The van der Waals surface area contributed by atoms with Gasteiger partial charge in [-0.2, -0.15) is 5.10 Å². The molecule has 134 valence electrons. The van der Waals surface area contributed by atoms with Crippen LogP contribution in [0.15, 0.2) is 71.9 Å². The van der Waals surface area contributed by atoms with Crippen LogP contribution in [0, 0.1) is 0 Å². The minimum absolute atomic E-state index is 0.0707. The summed E-state index contributed by atoms with van der Waals surface area (Å²) in [6.45, 7) is 1.17. The van der Waals surface area contributed by atoms with Crippen molar-refractivity contribution in [1.82, 2.24) is 9.78 Å². The fraction of sp³-hybridized carbons (Fsp3) is 0.158. The summed E-state index contributed by atoms with van der Waals surface area (Å²) in [5, 5.41) is 7.69. The van der Waals surface area contributed by atoms with E-state index in [1.807, 2.05) is 60.8 Å². The standard InChI is InChI=1S/C19H18ClN3O2S/c20-15-5-7-18(8-6-15)26-14-19(24)22-16-3-1-4-17(13-16)25-12-11-23-10-2-9-21-23/h1-10,13H,11-12,14H2,(H,22,24). The van der Waals surface area contributed by atoms with E-state index in [-0.39, 0.29) is 5.91 Å². The molecule has 0 spiro atoms. The highest BCUT2D eigenvalue weighted by molar-refractivity contribution is 8.00. The molecule has 26 heavy (non-hydrogen) atoms. The maximum atomic E-state index is 12.1. The van der Waals surface area contributed by atoms with Crippen LogP contribution < -0.4 is 10.1 Å². The van der Waals surface area contributed by atoms with Gasteiger partial charge in [0.25, 0.3) is 0 Å². The maximum absolute atomic E-state index is 12.1. The number of nitrogens with one attached hydrogen (secondary N) is 1. The molecule has 5 nitrogen and oxygen atoms in total. The van der Waals surface area contributed by atoms with Gasteiger partial charge in [0, 0.05) is 34.1 Å². The molecule has 0 aliphatic heterocycles. The van der Waals surface area contributed by atoms with Gasteiger partial charge in [0.2, 0.25) is 5.91 Å². The average Bonchev–Trinajstić information content (AvgIpc) is 3.15. The molecule has 0 bridgehead atoms. The lowest BCUT2D eigenvalue weighted by atomic mass is 10.3. The summed E-state index contributed by atoms with van der Waals surface area (Å²) >= 11 is 7.32. The Hall–Kier alpha value is -2.44. The molecule has 0 unspecified atom stereocenters. The Kier molecular flexibility index (Phi) is 6.57. The van der Waals surface area contributed by atoms with Crippen LogP contribution in [0.25, 0.3) is 0 Å². The van der Waals surface area contributed by atoms with E-state index in [9.17, 15) is 4.79 Å². The summed E-state index contributed by atoms with van der Waals surface area (Å²) in [4.78, 5) is 13.1. The number of thioether (sulfide) groups is 1. The number of nitrogens with zero attached hydrogens (tertiary/aromatic N) is 2. The third-order valence-electron chi connectivity index (χ3n) is 3.45. The van der Waals surface area contributed by atoms with E-state index in [4.69, 9.17) is 16.3 Å². The van der Waals surface area contributed by atoms with Crippen molar-refractivity contribution in [2.24, 2.45) is 0 Å². The SMILES string of the molecule is O=C(CSc1ccc(Cl)cc1)Nc1cccc(OCCn2cccn2)c1. The summed E-state index contributed by atoms with van der Waals surface area (Å²) in [6.07, 6.45) is 3.62. The van der Waals surface area contributed by atoms with E-state index < -0.39 is 0 Å². The van der Waals surface area contributed by atoms with E-state index in [2.05, 4.69) is 10.4 Å². The third-order valence-corrected chi connectivity index (χ3v) is 4.71. The van der Waals surface area contributed by atoms with Gasteiger partial charge in [-0.3, -0.25) is 9.48 Å². The molecule has 2 aromatic carbocycles. The van der Waals surface area contributed by atoms with Crippen LogP contribution in [0.3, 0.4) is 0 Å². The van der Waals surface area contributed by atoms with E-state index >= 15 is 0 Å². The van der Waals surface area contributed by atoms with Crippen LogP contribution in [0.2, 0.25) is 5.02 Å². The topological polar surface area (TPSA) is 56.1 Å². The number of benzene rings is 2. The Morgan fingerprint density at radius 1 is 1.19 bits per heavy atom. The van der Waals surface area contributed by atoms with Crippen molar-refractivity contribution in [1.29, 1.82) is 0 Å². The predicted octanol–water partition coefficient (Wildman–Crippen LogP) is 4.35. The predicted molar refractivity (Wildman–Crippen MR) is 105 cm³/mol. The highest BCUT2D eigenvalue weighted by Gasteiger charge is 2.05. The van der Waals surface area contributed by atoms with Crippen molar-refractivity contribution in [3.8, 4) is 5.75 Å². The molecule has 0 atom stereocenters. The smallest absolute Gasteiger partial charge is 0.234 e. The van der Waals surface area contributed by atoms with Crippen LogP contribution in [0.1, 0.15) is 0 Å². The first-order chi connectivity index (χ1) is 12.7. The van der Waals surface area contributed by atoms with Gasteiger partial charge < -0.3 is 10.1 Å². The van der Waals surface area contributed by atoms with Crippen molar-refractivity contribution in [2.75, 3.05) is 17.7 Å². The summed E-state index contributed by atoms with van der Waals surface area (Å²) in [7, 11) is 0. The highest BCUT2D eigenvalue weighted by atomic mass is 35.5. The molecule has 1 heterocycles. The third kappa shape index (κ3) is 5.82. The van der Waals surface area contributed by atoms with Crippen LogP contribution in [-0.2, 0) is 11.3 Å². The molecule has 0 aliphatic carbocycles. The Morgan fingerprint density at radius 2 is 2.04 bits per heavy atom. The molecular formula is C19H18ClN3O2S. The summed E-state index contributed by atoms with van der Waals surface area (Å²) in [6, 6.07) is 16.7. The molecular weight excluding hydrogens is 370 g/mol. The molecule has 3 rings (SSSR count). The Morgan fingerprint density at radius 3 is 2.81 bits per heavy atom. The van der Waals surface area contributed by atoms with E-state index in [0.29, 0.717) is 35.4 Å². The molecule has 7 heteroatoms. The second-order valence-corrected chi connectivity index (χ2v) is 6.92. The zero-order chi connectivity index (χ0) is 18.2. The molecule has 0 aliphatic rings. The number of anilines is 1. The lowest BCUT2D eigenvalue weighted by Crippen LogP contribution is -2.14. The highest BCUT2D eigenvalue weighted by Crippen LogP contribution is 2.21. The normalized spacial score (nSPS) is 10.5. The molecule has 3 aromatic rings. The van der Waals surface area contributed by atoms with Crippen molar-refractivity contribution >= 4 is 35.0 Å². The quantitative estimate of drug-likeness (QED) is 0.584. The van der Waals surface area contributed by atoms with Crippen molar-refractivity contribution in [3.05, 3.63) is 72.0 Å². The Labute approximate surface area is 161 Å². The lowest BCUT2D eigenvalue weighted by molar-refractivity contribution is -0.113. The molecule has 0 saturated heterocycles. The fourth-order valence-corrected chi connectivity index (χ4v) is 3.05. The van der Waals surface area contributed by atoms with Crippen LogP contribution >= 0.6 is 23.4 Å². The Bertz CT molecular complexity index is 838. The molecule has 0 fully saturated rings. The first kappa shape index (κ1) is 18.4. The van der Waals surface area contributed by atoms with Gasteiger partial charge in [0.1, 0.15) is 12.4 Å². The zero-order valence-electron chi connectivity index (χ0n) is 14.0. The molecule has 1 aromatic heterocycles. The Balaban J connectivity index is 1.46. The van der Waals surface area contributed by atoms with Gasteiger partial charge >= 0.3 is 0 Å². The number of halogens is 1. The summed E-state index contributed by atoms with van der Waals surface area (Å²) < 4.78 is 7.52. The second-order valence-electron chi connectivity index (χ2n) is 5.44. The van der Waals surface area contributed by atoms with Crippen molar-refractivity contribution < 1.29 is 9.53 Å². The first-order valence-electron chi connectivity index (χ1n) is 8.07. The van der Waals surface area contributed by atoms with Gasteiger partial charge in [0.05, 0.1) is 12.3 Å². The summed E-state index contributed by atoms with van der Waals surface area (Å²) in [5.74, 6) is 0.963. The number of amides is 1. The number of aromatic nitrogens is 2.